The van der Waals surface area contributed by atoms with Gasteiger partial charge in [0.1, 0.15) is 17.2 Å². The lowest BCUT2D eigenvalue weighted by atomic mass is 10.0. The minimum absolute atomic E-state index is 0.169. The Morgan fingerprint density at radius 1 is 0.875 bits per heavy atom. The first-order valence-electron chi connectivity index (χ1n) is 7.48. The predicted octanol–water partition coefficient (Wildman–Crippen LogP) is 4.30. The molecule has 0 aliphatic carbocycles. The van der Waals surface area contributed by atoms with Crippen LogP contribution in [0.15, 0.2) is 72.8 Å². The average Bonchev–Trinajstić information content (AvgIpc) is 2.62. The molecule has 0 aliphatic heterocycles. The van der Waals surface area contributed by atoms with E-state index in [1.807, 2.05) is 30.3 Å². The van der Waals surface area contributed by atoms with Crippen LogP contribution in [-0.2, 0) is 0 Å². The molecule has 0 amide bonds. The second-order valence-electron chi connectivity index (χ2n) is 5.23. The Labute approximate surface area is 140 Å². The molecular weight excluding hydrogens is 302 g/mol. The van der Waals surface area contributed by atoms with Gasteiger partial charge in [0.2, 0.25) is 0 Å². The van der Waals surface area contributed by atoms with Crippen LogP contribution in [0.4, 0.5) is 5.69 Å². The number of ketones is 1. The van der Waals surface area contributed by atoms with Crippen LogP contribution in [0.3, 0.4) is 0 Å². The third-order valence-corrected chi connectivity index (χ3v) is 3.54. The third-order valence-electron chi connectivity index (χ3n) is 3.54. The van der Waals surface area contributed by atoms with Crippen molar-refractivity contribution in [1.82, 2.24) is 0 Å². The maximum atomic E-state index is 12.8. The first-order chi connectivity index (χ1) is 11.7. The smallest absolute Gasteiger partial charge is 0.196 e. The largest absolute Gasteiger partial charge is 0.496 e. The van der Waals surface area contributed by atoms with Gasteiger partial charge in [-0.25, -0.2) is 0 Å². The Kier molecular flexibility index (Phi) is 4.47. The first kappa shape index (κ1) is 15.6. The standard InChI is InChI=1S/C20H17NO3/c1-23-19-11-10-17(24-16-8-3-2-4-9-16)13-18(19)20(22)14-6-5-7-15(21)12-14/h2-13H,21H2,1H3. The van der Waals surface area contributed by atoms with Gasteiger partial charge in [0.15, 0.2) is 5.78 Å². The van der Waals surface area contributed by atoms with Crippen molar-refractivity contribution in [2.45, 2.75) is 0 Å². The zero-order chi connectivity index (χ0) is 16.9. The van der Waals surface area contributed by atoms with Gasteiger partial charge in [0, 0.05) is 11.3 Å². The topological polar surface area (TPSA) is 61.5 Å². The summed E-state index contributed by atoms with van der Waals surface area (Å²) in [6.07, 6.45) is 0. The summed E-state index contributed by atoms with van der Waals surface area (Å²) in [4.78, 5) is 12.8. The molecule has 3 aromatic carbocycles. The lowest BCUT2D eigenvalue weighted by Gasteiger charge is -2.11. The molecule has 4 heteroatoms. The highest BCUT2D eigenvalue weighted by molar-refractivity contribution is 6.11. The summed E-state index contributed by atoms with van der Waals surface area (Å²) in [6, 6.07) is 21.4. The summed E-state index contributed by atoms with van der Waals surface area (Å²) in [7, 11) is 1.53. The van der Waals surface area contributed by atoms with E-state index < -0.39 is 0 Å². The van der Waals surface area contributed by atoms with E-state index in [-0.39, 0.29) is 5.78 Å². The van der Waals surface area contributed by atoms with Crippen molar-refractivity contribution in [1.29, 1.82) is 0 Å². The summed E-state index contributed by atoms with van der Waals surface area (Å²) in [5, 5.41) is 0. The fourth-order valence-electron chi connectivity index (χ4n) is 2.39. The Balaban J connectivity index is 1.96. The highest BCUT2D eigenvalue weighted by Crippen LogP contribution is 2.29. The van der Waals surface area contributed by atoms with Crippen LogP contribution in [0.1, 0.15) is 15.9 Å². The van der Waals surface area contributed by atoms with Crippen molar-refractivity contribution in [2.75, 3.05) is 12.8 Å². The van der Waals surface area contributed by atoms with E-state index in [2.05, 4.69) is 0 Å². The summed E-state index contributed by atoms with van der Waals surface area (Å²) in [6.45, 7) is 0. The fourth-order valence-corrected chi connectivity index (χ4v) is 2.39. The van der Waals surface area contributed by atoms with Crippen LogP contribution in [0.2, 0.25) is 0 Å². The van der Waals surface area contributed by atoms with Gasteiger partial charge in [-0.1, -0.05) is 30.3 Å². The number of nitrogen functional groups attached to an aromatic ring is 1. The van der Waals surface area contributed by atoms with E-state index in [0.717, 1.165) is 0 Å². The zero-order valence-electron chi connectivity index (χ0n) is 13.2. The van der Waals surface area contributed by atoms with Crippen molar-refractivity contribution in [3.05, 3.63) is 83.9 Å². The SMILES string of the molecule is COc1ccc(Oc2ccccc2)cc1C(=O)c1cccc(N)c1. The summed E-state index contributed by atoms with van der Waals surface area (Å²) in [5.74, 6) is 1.58. The molecule has 0 unspecified atom stereocenters. The summed E-state index contributed by atoms with van der Waals surface area (Å²) in [5.41, 5.74) is 7.24. The number of para-hydroxylation sites is 1. The van der Waals surface area contributed by atoms with E-state index in [4.69, 9.17) is 15.2 Å². The van der Waals surface area contributed by atoms with Crippen LogP contribution in [-0.4, -0.2) is 12.9 Å². The van der Waals surface area contributed by atoms with Crippen molar-refractivity contribution in [3.8, 4) is 17.2 Å². The summed E-state index contributed by atoms with van der Waals surface area (Å²) >= 11 is 0. The van der Waals surface area contributed by atoms with E-state index in [1.54, 1.807) is 42.5 Å². The Bertz CT molecular complexity index is 860. The zero-order valence-corrected chi connectivity index (χ0v) is 13.2. The number of anilines is 1. The number of carbonyl (C=O) groups is 1. The minimum atomic E-state index is -0.169. The fraction of sp³-hybridized carbons (Fsp3) is 0.0500. The van der Waals surface area contributed by atoms with Gasteiger partial charge in [0.25, 0.3) is 0 Å². The van der Waals surface area contributed by atoms with Gasteiger partial charge in [-0.05, 0) is 42.5 Å². The molecule has 0 aliphatic rings. The van der Waals surface area contributed by atoms with Crippen LogP contribution in [0.5, 0.6) is 17.2 Å². The molecule has 0 heterocycles. The number of methoxy groups -OCH3 is 1. The van der Waals surface area contributed by atoms with Crippen molar-refractivity contribution in [2.24, 2.45) is 0 Å². The molecule has 4 nitrogen and oxygen atoms in total. The molecule has 0 saturated heterocycles. The van der Waals surface area contributed by atoms with Gasteiger partial charge >= 0.3 is 0 Å². The Hall–Kier alpha value is -3.27. The van der Waals surface area contributed by atoms with Crippen LogP contribution in [0, 0.1) is 0 Å². The highest BCUT2D eigenvalue weighted by atomic mass is 16.5. The minimum Gasteiger partial charge on any atom is -0.496 e. The van der Waals surface area contributed by atoms with Crippen molar-refractivity contribution >= 4 is 11.5 Å². The number of rotatable bonds is 5. The first-order valence-corrected chi connectivity index (χ1v) is 7.48. The maximum Gasteiger partial charge on any atom is 0.196 e. The van der Waals surface area contributed by atoms with Gasteiger partial charge in [-0.15, -0.1) is 0 Å². The second-order valence-corrected chi connectivity index (χ2v) is 5.23. The summed E-state index contributed by atoms with van der Waals surface area (Å²) < 4.78 is 11.1. The number of nitrogens with two attached hydrogens (primary N) is 1. The molecular formula is C20H17NO3. The van der Waals surface area contributed by atoms with E-state index in [9.17, 15) is 4.79 Å². The second kappa shape index (κ2) is 6.87. The highest BCUT2D eigenvalue weighted by Gasteiger charge is 2.16. The van der Waals surface area contributed by atoms with Crippen molar-refractivity contribution < 1.29 is 14.3 Å². The average molecular weight is 319 g/mol. The maximum absolute atomic E-state index is 12.8. The van der Waals surface area contributed by atoms with Crippen LogP contribution < -0.4 is 15.2 Å². The monoisotopic (exact) mass is 319 g/mol. The van der Waals surface area contributed by atoms with E-state index in [1.165, 1.54) is 7.11 Å². The van der Waals surface area contributed by atoms with Gasteiger partial charge in [-0.2, -0.15) is 0 Å². The lowest BCUT2D eigenvalue weighted by Crippen LogP contribution is -2.05. The molecule has 2 N–H and O–H groups in total. The normalized spacial score (nSPS) is 10.2. The number of ether oxygens (including phenoxy) is 2. The van der Waals surface area contributed by atoms with Crippen LogP contribution >= 0.6 is 0 Å². The molecule has 3 aromatic rings. The molecule has 0 fully saturated rings. The number of hydrogen-bond donors (Lipinski definition) is 1. The molecule has 0 radical (unpaired) electrons. The molecule has 0 spiro atoms. The van der Waals surface area contributed by atoms with Crippen LogP contribution in [0.25, 0.3) is 0 Å². The molecule has 120 valence electrons. The Morgan fingerprint density at radius 3 is 2.38 bits per heavy atom. The molecule has 0 saturated carbocycles. The van der Waals surface area contributed by atoms with Gasteiger partial charge < -0.3 is 15.2 Å². The van der Waals surface area contributed by atoms with Gasteiger partial charge in [0.05, 0.1) is 12.7 Å². The van der Waals surface area contributed by atoms with E-state index >= 15 is 0 Å². The molecule has 24 heavy (non-hydrogen) atoms. The molecule has 0 bridgehead atoms. The quantitative estimate of drug-likeness (QED) is 0.562. The molecule has 0 atom stereocenters. The number of hydrogen-bond acceptors (Lipinski definition) is 4. The van der Waals surface area contributed by atoms with E-state index in [0.29, 0.717) is 34.1 Å². The van der Waals surface area contributed by atoms with Crippen molar-refractivity contribution in [3.63, 3.8) is 0 Å². The molecule has 3 rings (SSSR count). The predicted molar refractivity (Wildman–Crippen MR) is 93.8 cm³/mol. The molecule has 0 aromatic heterocycles. The lowest BCUT2D eigenvalue weighted by molar-refractivity contribution is 0.103. The van der Waals surface area contributed by atoms with Gasteiger partial charge in [-0.3, -0.25) is 4.79 Å². The third kappa shape index (κ3) is 3.38. The Morgan fingerprint density at radius 2 is 1.67 bits per heavy atom. The number of carbonyl (C=O) groups excluding carboxylic acids is 1. The number of benzene rings is 3.